The van der Waals surface area contributed by atoms with E-state index in [0.717, 1.165) is 17.0 Å². The van der Waals surface area contributed by atoms with Crippen LogP contribution in [0.25, 0.3) is 33.6 Å². The third kappa shape index (κ3) is 3.22. The van der Waals surface area contributed by atoms with Crippen LogP contribution < -0.4 is 0 Å². The Balaban J connectivity index is 1.94. The van der Waals surface area contributed by atoms with Crippen LogP contribution >= 0.6 is 0 Å². The molecule has 0 unspecified atom stereocenters. The minimum absolute atomic E-state index is 1.00. The maximum atomic E-state index is 4.96. The first-order chi connectivity index (χ1) is 12.3. The molecule has 0 fully saturated rings. The first-order valence-electron chi connectivity index (χ1n) is 8.50. The Kier molecular flexibility index (Phi) is 4.14. The van der Waals surface area contributed by atoms with E-state index in [2.05, 4.69) is 91.9 Å². The van der Waals surface area contributed by atoms with E-state index in [1.54, 1.807) is 0 Å². The lowest BCUT2D eigenvalue weighted by molar-refractivity contribution is 1.30. The van der Waals surface area contributed by atoms with E-state index >= 15 is 0 Å². The Morgan fingerprint density at radius 3 is 1.76 bits per heavy atom. The molecule has 0 saturated carbocycles. The summed E-state index contributed by atoms with van der Waals surface area (Å²) in [5.41, 5.74) is 7.95. The molecule has 0 aliphatic heterocycles. The molecule has 120 valence electrons. The van der Waals surface area contributed by atoms with E-state index in [1.165, 1.54) is 22.3 Å². The van der Waals surface area contributed by atoms with Crippen LogP contribution in [0, 0.1) is 6.92 Å². The van der Waals surface area contributed by atoms with Gasteiger partial charge in [0.2, 0.25) is 0 Å². The van der Waals surface area contributed by atoms with E-state index in [0.29, 0.717) is 0 Å². The molecule has 0 bridgehead atoms. The van der Waals surface area contributed by atoms with Gasteiger partial charge in [-0.3, -0.25) is 0 Å². The number of hydrogen-bond acceptors (Lipinski definition) is 1. The van der Waals surface area contributed by atoms with Crippen LogP contribution in [0.15, 0.2) is 97.1 Å². The molecule has 0 radical (unpaired) electrons. The molecule has 4 rings (SSSR count). The molecule has 0 saturated heterocycles. The second-order valence-electron chi connectivity index (χ2n) is 6.17. The molecule has 1 heteroatoms. The van der Waals surface area contributed by atoms with Gasteiger partial charge in [-0.15, -0.1) is 0 Å². The molecule has 25 heavy (non-hydrogen) atoms. The summed E-state index contributed by atoms with van der Waals surface area (Å²) < 4.78 is 0. The number of aryl methyl sites for hydroxylation is 1. The van der Waals surface area contributed by atoms with Crippen LogP contribution in [0.2, 0.25) is 0 Å². The van der Waals surface area contributed by atoms with Crippen LogP contribution in [0.5, 0.6) is 0 Å². The fourth-order valence-corrected chi connectivity index (χ4v) is 3.08. The summed E-state index contributed by atoms with van der Waals surface area (Å²) in [5.74, 6) is 0. The van der Waals surface area contributed by atoms with Crippen molar-refractivity contribution in [2.45, 2.75) is 6.92 Å². The van der Waals surface area contributed by atoms with Crippen LogP contribution in [-0.4, -0.2) is 4.98 Å². The number of pyridine rings is 1. The number of hydrogen-bond donors (Lipinski definition) is 0. The highest BCUT2D eigenvalue weighted by Crippen LogP contribution is 2.31. The van der Waals surface area contributed by atoms with Crippen molar-refractivity contribution in [1.82, 2.24) is 4.98 Å². The van der Waals surface area contributed by atoms with Gasteiger partial charge in [0.25, 0.3) is 0 Å². The summed E-state index contributed by atoms with van der Waals surface area (Å²) >= 11 is 0. The van der Waals surface area contributed by atoms with Gasteiger partial charge in [0.15, 0.2) is 0 Å². The molecular weight excluding hydrogens is 302 g/mol. The van der Waals surface area contributed by atoms with Crippen molar-refractivity contribution in [2.24, 2.45) is 0 Å². The molecule has 3 aromatic carbocycles. The summed E-state index contributed by atoms with van der Waals surface area (Å²) in [6.45, 7) is 2.13. The highest BCUT2D eigenvalue weighted by molar-refractivity contribution is 5.77. The summed E-state index contributed by atoms with van der Waals surface area (Å²) in [5, 5.41) is 0. The van der Waals surface area contributed by atoms with Gasteiger partial charge in [-0.05, 0) is 35.7 Å². The fourth-order valence-electron chi connectivity index (χ4n) is 3.08. The van der Waals surface area contributed by atoms with Gasteiger partial charge in [0, 0.05) is 11.1 Å². The average Bonchev–Trinajstić information content (AvgIpc) is 2.69. The van der Waals surface area contributed by atoms with Gasteiger partial charge in [0.05, 0.1) is 11.4 Å². The molecule has 0 aliphatic carbocycles. The van der Waals surface area contributed by atoms with Crippen molar-refractivity contribution in [1.29, 1.82) is 0 Å². The van der Waals surface area contributed by atoms with E-state index < -0.39 is 0 Å². The smallest absolute Gasteiger partial charge is 0.0718 e. The molecule has 4 aromatic rings. The Labute approximate surface area is 148 Å². The molecule has 1 heterocycles. The van der Waals surface area contributed by atoms with Gasteiger partial charge in [-0.1, -0.05) is 84.9 Å². The van der Waals surface area contributed by atoms with Crippen LogP contribution in [0.4, 0.5) is 0 Å². The monoisotopic (exact) mass is 321 g/mol. The Bertz CT molecular complexity index is 931. The van der Waals surface area contributed by atoms with Gasteiger partial charge in [-0.25, -0.2) is 4.98 Å². The topological polar surface area (TPSA) is 12.9 Å². The van der Waals surface area contributed by atoms with Crippen LogP contribution in [-0.2, 0) is 0 Å². The zero-order valence-electron chi connectivity index (χ0n) is 14.2. The van der Waals surface area contributed by atoms with E-state index in [9.17, 15) is 0 Å². The molecule has 0 aliphatic rings. The van der Waals surface area contributed by atoms with E-state index in [-0.39, 0.29) is 0 Å². The molecule has 0 spiro atoms. The number of aromatic nitrogens is 1. The summed E-state index contributed by atoms with van der Waals surface area (Å²) in [6.07, 6.45) is 0. The third-order valence-electron chi connectivity index (χ3n) is 4.42. The van der Waals surface area contributed by atoms with Gasteiger partial charge >= 0.3 is 0 Å². The van der Waals surface area contributed by atoms with Crippen LogP contribution in [0.1, 0.15) is 5.56 Å². The average molecular weight is 321 g/mol. The van der Waals surface area contributed by atoms with Crippen LogP contribution in [0.3, 0.4) is 0 Å². The van der Waals surface area contributed by atoms with E-state index in [4.69, 9.17) is 4.98 Å². The van der Waals surface area contributed by atoms with Crippen molar-refractivity contribution in [3.05, 3.63) is 103 Å². The van der Waals surface area contributed by atoms with E-state index in [1.807, 2.05) is 12.1 Å². The minimum atomic E-state index is 1.00. The van der Waals surface area contributed by atoms with Gasteiger partial charge < -0.3 is 0 Å². The van der Waals surface area contributed by atoms with Crippen molar-refractivity contribution >= 4 is 0 Å². The molecule has 0 N–H and O–H groups in total. The van der Waals surface area contributed by atoms with Crippen molar-refractivity contribution in [2.75, 3.05) is 0 Å². The minimum Gasteiger partial charge on any atom is -0.248 e. The molecule has 0 atom stereocenters. The molecule has 1 aromatic heterocycles. The van der Waals surface area contributed by atoms with Crippen molar-refractivity contribution in [3.8, 4) is 33.6 Å². The van der Waals surface area contributed by atoms with Crippen molar-refractivity contribution < 1.29 is 0 Å². The number of rotatable bonds is 3. The largest absolute Gasteiger partial charge is 0.248 e. The summed E-state index contributed by atoms with van der Waals surface area (Å²) in [6, 6.07) is 33.6. The third-order valence-corrected chi connectivity index (χ3v) is 4.42. The quantitative estimate of drug-likeness (QED) is 0.426. The maximum absolute atomic E-state index is 4.96. The zero-order chi connectivity index (χ0) is 17.1. The predicted molar refractivity (Wildman–Crippen MR) is 105 cm³/mol. The number of nitrogens with zero attached hydrogens (tertiary/aromatic N) is 1. The lowest BCUT2D eigenvalue weighted by Gasteiger charge is -2.11. The van der Waals surface area contributed by atoms with Crippen molar-refractivity contribution in [3.63, 3.8) is 0 Å². The predicted octanol–water partition coefficient (Wildman–Crippen LogP) is 6.39. The Morgan fingerprint density at radius 1 is 0.520 bits per heavy atom. The Morgan fingerprint density at radius 2 is 1.08 bits per heavy atom. The lowest BCUT2D eigenvalue weighted by atomic mass is 9.98. The maximum Gasteiger partial charge on any atom is 0.0718 e. The molecular formula is C24H19N. The first kappa shape index (κ1) is 15.3. The highest BCUT2D eigenvalue weighted by Gasteiger charge is 2.09. The second-order valence-corrected chi connectivity index (χ2v) is 6.17. The normalized spacial score (nSPS) is 10.6. The first-order valence-corrected chi connectivity index (χ1v) is 8.50. The van der Waals surface area contributed by atoms with Gasteiger partial charge in [-0.2, -0.15) is 0 Å². The molecule has 0 amide bonds. The molecule has 1 nitrogen and oxygen atoms in total. The zero-order valence-corrected chi connectivity index (χ0v) is 14.2. The Hall–Kier alpha value is -3.19. The highest BCUT2D eigenvalue weighted by atomic mass is 14.7. The van der Waals surface area contributed by atoms with Gasteiger partial charge in [0.1, 0.15) is 0 Å². The number of benzene rings is 3. The second kappa shape index (κ2) is 6.74. The fraction of sp³-hybridized carbons (Fsp3) is 0.0417. The summed E-state index contributed by atoms with van der Waals surface area (Å²) in [4.78, 5) is 4.96. The standard InChI is InChI=1S/C24H19N/c1-18-10-8-9-15-22(18)24-17-21(19-11-4-2-5-12-19)16-23(25-24)20-13-6-3-7-14-20/h2-17H,1H3. The summed E-state index contributed by atoms with van der Waals surface area (Å²) in [7, 11) is 0. The SMILES string of the molecule is Cc1ccccc1-c1cc(-c2ccccc2)cc(-c2ccccc2)n1. The lowest BCUT2D eigenvalue weighted by Crippen LogP contribution is -1.92.